The van der Waals surface area contributed by atoms with E-state index in [0.717, 1.165) is 47.7 Å². The second-order valence-electron chi connectivity index (χ2n) is 6.45. The molecule has 4 rings (SSSR count). The molecule has 0 saturated carbocycles. The summed E-state index contributed by atoms with van der Waals surface area (Å²) >= 11 is 1.39. The summed E-state index contributed by atoms with van der Waals surface area (Å²) in [4.78, 5) is 28.9. The first-order chi connectivity index (χ1) is 12.6. The van der Waals surface area contributed by atoms with E-state index in [0.29, 0.717) is 10.6 Å². The zero-order chi connectivity index (χ0) is 18.3. The molecule has 0 unspecified atom stereocenters. The van der Waals surface area contributed by atoms with Crippen LogP contribution in [-0.4, -0.2) is 37.5 Å². The first-order valence-corrected chi connectivity index (χ1v) is 9.40. The number of likely N-dealkylation sites (tertiary alicyclic amines) is 1. The van der Waals surface area contributed by atoms with Crippen LogP contribution in [0.4, 0.5) is 0 Å². The largest absolute Gasteiger partial charge is 0.361 e. The topological polar surface area (TPSA) is 85.0 Å². The Kier molecular flexibility index (Phi) is 4.28. The third-order valence-corrected chi connectivity index (χ3v) is 5.65. The molecule has 1 saturated heterocycles. The van der Waals surface area contributed by atoms with Gasteiger partial charge in [0, 0.05) is 6.54 Å². The Labute approximate surface area is 155 Å². The summed E-state index contributed by atoms with van der Waals surface area (Å²) in [6.07, 6.45) is 5.29. The summed E-state index contributed by atoms with van der Waals surface area (Å²) < 4.78 is 5.25. The number of carbonyl (C=O) groups excluding carboxylic acids is 1. The van der Waals surface area contributed by atoms with Crippen molar-refractivity contribution in [2.24, 2.45) is 0 Å². The van der Waals surface area contributed by atoms with Crippen molar-refractivity contribution in [1.82, 2.24) is 25.0 Å². The van der Waals surface area contributed by atoms with E-state index >= 15 is 0 Å². The maximum Gasteiger partial charge on any atom is 0.266 e. The number of nitrogens with zero attached hydrogens (tertiary/aromatic N) is 5. The molecule has 0 radical (unpaired) electrons. The quantitative estimate of drug-likeness (QED) is 0.702. The van der Waals surface area contributed by atoms with Crippen molar-refractivity contribution in [2.75, 3.05) is 6.54 Å². The highest BCUT2D eigenvalue weighted by molar-refractivity contribution is 7.11. The Hall–Kier alpha value is -2.61. The number of carbonyl (C=O) groups is 1. The molecule has 0 spiro atoms. The number of aryl methyl sites for hydroxylation is 3. The van der Waals surface area contributed by atoms with Gasteiger partial charge >= 0.3 is 0 Å². The van der Waals surface area contributed by atoms with E-state index in [1.54, 1.807) is 17.9 Å². The van der Waals surface area contributed by atoms with Crippen molar-refractivity contribution in [3.63, 3.8) is 0 Å². The Balaban J connectivity index is 1.68. The van der Waals surface area contributed by atoms with E-state index in [-0.39, 0.29) is 11.9 Å². The number of hydrogen-bond acceptors (Lipinski definition) is 7. The van der Waals surface area contributed by atoms with Crippen LogP contribution >= 0.6 is 11.3 Å². The van der Waals surface area contributed by atoms with Gasteiger partial charge in [-0.1, -0.05) is 5.16 Å². The second kappa shape index (κ2) is 6.60. The Bertz CT molecular complexity index is 945. The Morgan fingerprint density at radius 2 is 2.12 bits per heavy atom. The highest BCUT2D eigenvalue weighted by Crippen LogP contribution is 2.34. The minimum atomic E-state index is -0.0723. The molecular formula is C18H19N5O2S. The number of thiazole rings is 1. The molecule has 0 aromatic carbocycles. The van der Waals surface area contributed by atoms with Crippen LogP contribution in [0, 0.1) is 20.8 Å². The van der Waals surface area contributed by atoms with Crippen LogP contribution in [0.25, 0.3) is 11.3 Å². The average Bonchev–Trinajstić information content (AvgIpc) is 3.35. The maximum atomic E-state index is 13.0. The molecule has 134 valence electrons. The fraction of sp³-hybridized carbons (Fsp3) is 0.389. The molecule has 1 aliphatic heterocycles. The molecule has 1 fully saturated rings. The van der Waals surface area contributed by atoms with Crippen LogP contribution in [0.2, 0.25) is 0 Å². The maximum absolute atomic E-state index is 13.0. The van der Waals surface area contributed by atoms with E-state index in [9.17, 15) is 4.79 Å². The summed E-state index contributed by atoms with van der Waals surface area (Å²) in [7, 11) is 0. The summed E-state index contributed by atoms with van der Waals surface area (Å²) in [5.74, 6) is 0.741. The molecule has 0 bridgehead atoms. The molecule has 3 aromatic heterocycles. The summed E-state index contributed by atoms with van der Waals surface area (Å²) in [6.45, 7) is 6.34. The van der Waals surface area contributed by atoms with Crippen molar-refractivity contribution in [1.29, 1.82) is 0 Å². The van der Waals surface area contributed by atoms with Crippen LogP contribution in [0.3, 0.4) is 0 Å². The number of hydrogen-bond donors (Lipinski definition) is 0. The van der Waals surface area contributed by atoms with Gasteiger partial charge in [0.15, 0.2) is 0 Å². The SMILES string of the molecule is Cc1ncsc1C(=O)N1CCC[C@H]1c1cncc(-c2c(C)noc2C)n1. The molecule has 8 heteroatoms. The van der Waals surface area contributed by atoms with Crippen LogP contribution in [-0.2, 0) is 0 Å². The van der Waals surface area contributed by atoms with E-state index in [4.69, 9.17) is 9.51 Å². The third-order valence-electron chi connectivity index (χ3n) is 4.74. The van der Waals surface area contributed by atoms with Gasteiger partial charge in [-0.15, -0.1) is 11.3 Å². The summed E-state index contributed by atoms with van der Waals surface area (Å²) in [5, 5.41) is 3.99. The zero-order valence-corrected chi connectivity index (χ0v) is 15.7. The highest BCUT2D eigenvalue weighted by atomic mass is 32.1. The fourth-order valence-electron chi connectivity index (χ4n) is 3.47. The van der Waals surface area contributed by atoms with Gasteiger partial charge in [-0.25, -0.2) is 9.97 Å². The monoisotopic (exact) mass is 369 g/mol. The van der Waals surface area contributed by atoms with Crippen LogP contribution in [0.1, 0.15) is 51.4 Å². The predicted octanol–water partition coefficient (Wildman–Crippen LogP) is 3.49. The molecule has 1 aliphatic rings. The van der Waals surface area contributed by atoms with Gasteiger partial charge in [0.2, 0.25) is 0 Å². The smallest absolute Gasteiger partial charge is 0.266 e. The Morgan fingerprint density at radius 1 is 1.27 bits per heavy atom. The van der Waals surface area contributed by atoms with Crippen molar-refractivity contribution < 1.29 is 9.32 Å². The first kappa shape index (κ1) is 16.8. The van der Waals surface area contributed by atoms with Crippen molar-refractivity contribution >= 4 is 17.2 Å². The Morgan fingerprint density at radius 3 is 2.81 bits per heavy atom. The number of amides is 1. The average molecular weight is 369 g/mol. The summed E-state index contributed by atoms with van der Waals surface area (Å²) in [6, 6.07) is -0.0723. The van der Waals surface area contributed by atoms with Gasteiger partial charge < -0.3 is 9.42 Å². The highest BCUT2D eigenvalue weighted by Gasteiger charge is 2.33. The van der Waals surface area contributed by atoms with Crippen molar-refractivity contribution in [3.8, 4) is 11.3 Å². The standard InChI is InChI=1S/C18H19N5O2S/c1-10-16(12(3)25-22-10)14-8-19-7-13(21-14)15-5-4-6-23(15)18(24)17-11(2)20-9-26-17/h7-9,15H,4-6H2,1-3H3/t15-/m0/s1. The van der Waals surface area contributed by atoms with Gasteiger partial charge in [0.05, 0.1) is 52.3 Å². The zero-order valence-electron chi connectivity index (χ0n) is 14.9. The first-order valence-electron chi connectivity index (χ1n) is 8.52. The molecule has 7 nitrogen and oxygen atoms in total. The summed E-state index contributed by atoms with van der Waals surface area (Å²) in [5.41, 5.74) is 5.68. The van der Waals surface area contributed by atoms with Crippen LogP contribution in [0.5, 0.6) is 0 Å². The van der Waals surface area contributed by atoms with E-state index in [1.165, 1.54) is 11.3 Å². The molecule has 3 aromatic rings. The molecule has 0 N–H and O–H groups in total. The van der Waals surface area contributed by atoms with Gasteiger partial charge in [-0.2, -0.15) is 0 Å². The molecule has 1 atom stereocenters. The van der Waals surface area contributed by atoms with Crippen LogP contribution < -0.4 is 0 Å². The number of rotatable bonds is 3. The van der Waals surface area contributed by atoms with Gasteiger partial charge in [-0.05, 0) is 33.6 Å². The minimum absolute atomic E-state index is 0.0250. The van der Waals surface area contributed by atoms with Crippen LogP contribution in [0.15, 0.2) is 22.4 Å². The van der Waals surface area contributed by atoms with E-state index < -0.39 is 0 Å². The predicted molar refractivity (Wildman–Crippen MR) is 96.9 cm³/mol. The fourth-order valence-corrected chi connectivity index (χ4v) is 4.22. The molecule has 4 heterocycles. The van der Waals surface area contributed by atoms with Gasteiger partial charge in [-0.3, -0.25) is 9.78 Å². The van der Waals surface area contributed by atoms with Crippen molar-refractivity contribution in [3.05, 3.63) is 45.6 Å². The third kappa shape index (κ3) is 2.80. The molecule has 26 heavy (non-hydrogen) atoms. The molecule has 0 aliphatic carbocycles. The lowest BCUT2D eigenvalue weighted by atomic mass is 10.1. The lowest BCUT2D eigenvalue weighted by Gasteiger charge is -2.24. The molecular weight excluding hydrogens is 350 g/mol. The number of aromatic nitrogens is 4. The normalized spacial score (nSPS) is 17.0. The van der Waals surface area contributed by atoms with Crippen molar-refractivity contribution in [2.45, 2.75) is 39.7 Å². The van der Waals surface area contributed by atoms with Gasteiger partial charge in [0.25, 0.3) is 5.91 Å². The minimum Gasteiger partial charge on any atom is -0.361 e. The second-order valence-corrected chi connectivity index (χ2v) is 7.31. The van der Waals surface area contributed by atoms with E-state index in [2.05, 4.69) is 15.1 Å². The lowest BCUT2D eigenvalue weighted by molar-refractivity contribution is 0.0736. The lowest BCUT2D eigenvalue weighted by Crippen LogP contribution is -2.31. The van der Waals surface area contributed by atoms with E-state index in [1.807, 2.05) is 25.7 Å². The van der Waals surface area contributed by atoms with Gasteiger partial charge in [0.1, 0.15) is 10.6 Å². The molecule has 1 amide bonds.